The van der Waals surface area contributed by atoms with Crippen LogP contribution in [0.2, 0.25) is 5.02 Å². The minimum atomic E-state index is -0.675. The zero-order chi connectivity index (χ0) is 30.7. The van der Waals surface area contributed by atoms with Crippen LogP contribution in [0.25, 0.3) is 16.9 Å². The molecule has 0 unspecified atom stereocenters. The Hall–Kier alpha value is -4.91. The standard InChI is InChI=1S/C29H28ClFN8O4/c1-15-6-4-8-21(34-28(41)26-16(2)39(38-37-26)24-9-5-7-20(30)25(24)31)17-12-23(36-32-14-17)19-11-10-18(33-29(42)43-3)13-22(19)35-27(15)40/h5,7,9-15,21H,4,6,8H2,1-3H3,(H,33,42)(H,34,41)(H,35,40)/t15-,21-/m0/s1. The third-order valence-corrected chi connectivity index (χ3v) is 7.51. The van der Waals surface area contributed by atoms with Crippen molar-refractivity contribution in [2.75, 3.05) is 17.7 Å². The lowest BCUT2D eigenvalue weighted by Gasteiger charge is -2.22. The van der Waals surface area contributed by atoms with Gasteiger partial charge in [0, 0.05) is 17.2 Å². The monoisotopic (exact) mass is 606 g/mol. The number of ether oxygens (including phenoxy) is 1. The lowest BCUT2D eigenvalue weighted by atomic mass is 9.95. The van der Waals surface area contributed by atoms with Crippen molar-refractivity contribution in [1.29, 1.82) is 0 Å². The van der Waals surface area contributed by atoms with E-state index in [1.165, 1.54) is 23.9 Å². The van der Waals surface area contributed by atoms with Crippen molar-refractivity contribution in [3.63, 3.8) is 0 Å². The third kappa shape index (κ3) is 6.31. The first-order valence-electron chi connectivity index (χ1n) is 13.5. The fourth-order valence-electron chi connectivity index (χ4n) is 4.81. The average Bonchev–Trinajstić information content (AvgIpc) is 3.38. The molecule has 0 spiro atoms. The highest BCUT2D eigenvalue weighted by Gasteiger charge is 2.25. The van der Waals surface area contributed by atoms with E-state index in [4.69, 9.17) is 11.6 Å². The fourth-order valence-corrected chi connectivity index (χ4v) is 4.98. The van der Waals surface area contributed by atoms with Gasteiger partial charge in [-0.3, -0.25) is 14.9 Å². The number of fused-ring (bicyclic) bond motifs is 4. The summed E-state index contributed by atoms with van der Waals surface area (Å²) < 4.78 is 20.6. The molecule has 3 N–H and O–H groups in total. The highest BCUT2D eigenvalue weighted by atomic mass is 35.5. The number of hydrogen-bond donors (Lipinski definition) is 3. The number of aromatic nitrogens is 5. The van der Waals surface area contributed by atoms with E-state index in [1.807, 2.05) is 6.92 Å². The van der Waals surface area contributed by atoms with Crippen molar-refractivity contribution in [2.45, 2.75) is 39.2 Å². The molecule has 2 aromatic carbocycles. The van der Waals surface area contributed by atoms with Crippen molar-refractivity contribution in [3.05, 3.63) is 76.5 Å². The summed E-state index contributed by atoms with van der Waals surface area (Å²) in [6.45, 7) is 3.43. The molecule has 0 aliphatic carbocycles. The number of amides is 3. The van der Waals surface area contributed by atoms with Crippen LogP contribution in [-0.2, 0) is 9.53 Å². The lowest BCUT2D eigenvalue weighted by molar-refractivity contribution is -0.119. The van der Waals surface area contributed by atoms with Crippen LogP contribution in [-0.4, -0.2) is 50.2 Å². The van der Waals surface area contributed by atoms with Gasteiger partial charge in [-0.1, -0.05) is 36.2 Å². The molecule has 0 saturated heterocycles. The third-order valence-electron chi connectivity index (χ3n) is 7.22. The van der Waals surface area contributed by atoms with Gasteiger partial charge in [0.1, 0.15) is 5.69 Å². The molecule has 222 valence electrons. The first kappa shape index (κ1) is 29.6. The molecule has 0 radical (unpaired) electrons. The second kappa shape index (κ2) is 12.5. The highest BCUT2D eigenvalue weighted by Crippen LogP contribution is 2.33. The van der Waals surface area contributed by atoms with Crippen molar-refractivity contribution in [3.8, 4) is 16.9 Å². The number of nitrogens with one attached hydrogen (secondary N) is 3. The Morgan fingerprint density at radius 1 is 1.16 bits per heavy atom. The molecule has 2 bridgehead atoms. The van der Waals surface area contributed by atoms with Crippen LogP contribution >= 0.6 is 11.6 Å². The van der Waals surface area contributed by atoms with Crippen molar-refractivity contribution in [2.24, 2.45) is 5.92 Å². The van der Waals surface area contributed by atoms with Gasteiger partial charge in [0.15, 0.2) is 11.5 Å². The SMILES string of the molecule is COC(=O)Nc1ccc2c(c1)NC(=O)[C@@H](C)CCC[C@H](NC(=O)c1nnn(-c3cccc(Cl)c3F)c1C)c1cnnc-2c1. The fraction of sp³-hybridized carbons (Fsp3) is 0.276. The van der Waals surface area contributed by atoms with Crippen LogP contribution < -0.4 is 16.0 Å². The molecule has 12 nitrogen and oxygen atoms in total. The second-order valence-electron chi connectivity index (χ2n) is 10.1. The van der Waals surface area contributed by atoms with Gasteiger partial charge in [-0.2, -0.15) is 10.2 Å². The van der Waals surface area contributed by atoms with Crippen LogP contribution in [0, 0.1) is 18.7 Å². The smallest absolute Gasteiger partial charge is 0.411 e. The van der Waals surface area contributed by atoms with Gasteiger partial charge in [-0.05, 0) is 61.7 Å². The Balaban J connectivity index is 1.48. The molecule has 1 aliphatic rings. The van der Waals surface area contributed by atoms with Crippen molar-refractivity contribution >= 4 is 40.9 Å². The van der Waals surface area contributed by atoms with Crippen LogP contribution in [0.15, 0.2) is 48.7 Å². The van der Waals surface area contributed by atoms with Gasteiger partial charge in [0.25, 0.3) is 5.91 Å². The van der Waals surface area contributed by atoms with E-state index >= 15 is 0 Å². The maximum absolute atomic E-state index is 14.7. The number of anilines is 2. The quantitative estimate of drug-likeness (QED) is 0.285. The van der Waals surface area contributed by atoms with E-state index in [-0.39, 0.29) is 28.2 Å². The molecule has 3 amide bonds. The topological polar surface area (TPSA) is 153 Å². The van der Waals surface area contributed by atoms with Crippen molar-refractivity contribution in [1.82, 2.24) is 30.5 Å². The van der Waals surface area contributed by atoms with Crippen LogP contribution in [0.3, 0.4) is 0 Å². The maximum Gasteiger partial charge on any atom is 0.411 e. The number of halogens is 2. The van der Waals surface area contributed by atoms with E-state index in [0.29, 0.717) is 53.2 Å². The van der Waals surface area contributed by atoms with Crippen LogP contribution in [0.5, 0.6) is 0 Å². The van der Waals surface area contributed by atoms with E-state index in [0.717, 1.165) is 0 Å². The van der Waals surface area contributed by atoms with Gasteiger partial charge >= 0.3 is 6.09 Å². The molecule has 43 heavy (non-hydrogen) atoms. The number of nitrogens with zero attached hydrogens (tertiary/aromatic N) is 5. The average molecular weight is 607 g/mol. The minimum Gasteiger partial charge on any atom is -0.453 e. The summed E-state index contributed by atoms with van der Waals surface area (Å²) in [5.74, 6) is -1.74. The molecule has 0 saturated carbocycles. The number of carbonyl (C=O) groups is 3. The molecule has 2 aromatic heterocycles. The van der Waals surface area contributed by atoms with E-state index < -0.39 is 23.9 Å². The number of carbonyl (C=O) groups excluding carboxylic acids is 3. The Labute approximate surface area is 251 Å². The Bertz CT molecular complexity index is 1710. The lowest BCUT2D eigenvalue weighted by Crippen LogP contribution is -2.30. The predicted molar refractivity (Wildman–Crippen MR) is 156 cm³/mol. The van der Waals surface area contributed by atoms with Gasteiger partial charge < -0.3 is 15.4 Å². The summed E-state index contributed by atoms with van der Waals surface area (Å²) in [4.78, 5) is 38.3. The molecule has 2 atom stereocenters. The van der Waals surface area contributed by atoms with Gasteiger partial charge in [-0.15, -0.1) is 5.10 Å². The zero-order valence-electron chi connectivity index (χ0n) is 23.5. The summed E-state index contributed by atoms with van der Waals surface area (Å²) in [7, 11) is 1.26. The second-order valence-corrected chi connectivity index (χ2v) is 10.5. The first-order valence-corrected chi connectivity index (χ1v) is 13.8. The Morgan fingerprint density at radius 3 is 2.77 bits per heavy atom. The molecule has 14 heteroatoms. The van der Waals surface area contributed by atoms with Crippen LogP contribution in [0.1, 0.15) is 54.0 Å². The number of benzene rings is 2. The van der Waals surface area contributed by atoms with Gasteiger partial charge in [-0.25, -0.2) is 13.9 Å². The summed E-state index contributed by atoms with van der Waals surface area (Å²) >= 11 is 5.93. The largest absolute Gasteiger partial charge is 0.453 e. The summed E-state index contributed by atoms with van der Waals surface area (Å²) in [5.41, 5.74) is 2.97. The molecule has 3 heterocycles. The molecule has 4 aromatic rings. The van der Waals surface area contributed by atoms with Gasteiger partial charge in [0.05, 0.1) is 41.4 Å². The summed E-state index contributed by atoms with van der Waals surface area (Å²) in [5, 5.41) is 24.9. The zero-order valence-corrected chi connectivity index (χ0v) is 24.3. The molecule has 1 aliphatic heterocycles. The van der Waals surface area contributed by atoms with Crippen LogP contribution in [0.4, 0.5) is 20.6 Å². The highest BCUT2D eigenvalue weighted by molar-refractivity contribution is 6.30. The van der Waals surface area contributed by atoms with E-state index in [2.05, 4.69) is 41.2 Å². The maximum atomic E-state index is 14.7. The molecular formula is C29H28ClFN8O4. The molecular weight excluding hydrogens is 579 g/mol. The number of hydrogen-bond acceptors (Lipinski definition) is 8. The van der Waals surface area contributed by atoms with Crippen molar-refractivity contribution < 1.29 is 23.5 Å². The first-order chi connectivity index (χ1) is 20.7. The van der Waals surface area contributed by atoms with E-state index in [9.17, 15) is 18.8 Å². The number of methoxy groups -OCH3 is 1. The molecule has 0 fully saturated rings. The van der Waals surface area contributed by atoms with Gasteiger partial charge in [0.2, 0.25) is 5.91 Å². The van der Waals surface area contributed by atoms with E-state index in [1.54, 1.807) is 43.5 Å². The normalized spacial score (nSPS) is 16.6. The molecule has 5 rings (SSSR count). The predicted octanol–water partition coefficient (Wildman–Crippen LogP) is 5.23. The Morgan fingerprint density at radius 2 is 1.98 bits per heavy atom. The minimum absolute atomic E-state index is 0.0245. The summed E-state index contributed by atoms with van der Waals surface area (Å²) in [6, 6.07) is 10.7. The summed E-state index contributed by atoms with van der Waals surface area (Å²) in [6.07, 6.45) is 2.57. The number of rotatable bonds is 4. The Kier molecular flexibility index (Phi) is 8.62.